The average Bonchev–Trinajstić information content (AvgIpc) is 2.46. The van der Waals surface area contributed by atoms with Gasteiger partial charge in [-0.3, -0.25) is 4.79 Å². The van der Waals surface area contributed by atoms with E-state index >= 15 is 0 Å². The predicted molar refractivity (Wildman–Crippen MR) is 84.4 cm³/mol. The first-order valence-electron chi connectivity index (χ1n) is 8.22. The fourth-order valence-electron chi connectivity index (χ4n) is 2.29. The Labute approximate surface area is 133 Å². The van der Waals surface area contributed by atoms with E-state index in [2.05, 4.69) is 6.92 Å². The molecule has 0 unspecified atom stereocenters. The van der Waals surface area contributed by atoms with E-state index in [4.69, 9.17) is 8.91 Å². The average molecular weight is 299 g/mol. The summed E-state index contributed by atoms with van der Waals surface area (Å²) in [6.45, 7) is 2.26. The van der Waals surface area contributed by atoms with Gasteiger partial charge in [-0.2, -0.15) is 0 Å². The van der Waals surface area contributed by atoms with Crippen molar-refractivity contribution in [3.8, 4) is 0 Å². The Morgan fingerprint density at radius 1 is 0.700 bits per heavy atom. The summed E-state index contributed by atoms with van der Waals surface area (Å²) in [5.74, 6) is -0.655. The molecular weight excluding hydrogens is 267 g/mol. The number of aliphatic carboxylic acids is 1. The molecule has 0 aromatic rings. The van der Waals surface area contributed by atoms with Gasteiger partial charge in [0.25, 0.3) is 0 Å². The van der Waals surface area contributed by atoms with E-state index in [9.17, 15) is 4.79 Å². The fourth-order valence-corrected chi connectivity index (χ4v) is 2.29. The normalized spacial score (nSPS) is 9.80. The van der Waals surface area contributed by atoms with Gasteiger partial charge in [-0.25, -0.2) is 0 Å². The van der Waals surface area contributed by atoms with Crippen LogP contribution in [0.15, 0.2) is 0 Å². The van der Waals surface area contributed by atoms with Crippen LogP contribution in [0.4, 0.5) is 0 Å². The van der Waals surface area contributed by atoms with E-state index in [1.54, 1.807) is 0 Å². The summed E-state index contributed by atoms with van der Waals surface area (Å²) in [6.07, 6.45) is 17.3. The minimum absolute atomic E-state index is 0.345. The fraction of sp³-hybridized carbons (Fsp3) is 0.938. The zero-order valence-corrected chi connectivity index (χ0v) is 14.4. The summed E-state index contributed by atoms with van der Waals surface area (Å²) < 4.78 is 8.17. The van der Waals surface area contributed by atoms with Gasteiger partial charge >= 0.3 is 26.0 Å². The molecule has 0 saturated carbocycles. The number of carboxylic acid groups (broad SMARTS) is 1. The molecule has 0 atom stereocenters. The van der Waals surface area contributed by atoms with Gasteiger partial charge < -0.3 is 5.11 Å². The van der Waals surface area contributed by atoms with E-state index in [-0.39, 0.29) is 0 Å². The first-order valence-corrected chi connectivity index (χ1v) is 8.70. The first-order chi connectivity index (χ1) is 9.77. The quantitative estimate of drug-likeness (QED) is 0.360. The molecule has 3 nitrogen and oxygen atoms in total. The Bertz CT molecular complexity index is 198. The summed E-state index contributed by atoms with van der Waals surface area (Å²) in [6, 6.07) is 0. The molecule has 0 aliphatic carbocycles. The van der Waals surface area contributed by atoms with Crippen molar-refractivity contribution < 1.29 is 13.7 Å². The first kappa shape index (κ1) is 22.1. The van der Waals surface area contributed by atoms with Gasteiger partial charge in [0.1, 0.15) is 0 Å². The van der Waals surface area contributed by atoms with Crippen molar-refractivity contribution in [2.45, 2.75) is 96.8 Å². The Hall–Kier alpha value is -0.198. The van der Waals surface area contributed by atoms with Crippen LogP contribution in [-0.2, 0) is 8.60 Å². The molecule has 117 valence electrons. The number of carboxylic acids is 1. The predicted octanol–water partition coefficient (Wildman–Crippen LogP) is 5.05. The van der Waals surface area contributed by atoms with Crippen molar-refractivity contribution in [2.24, 2.45) is 0 Å². The molecule has 0 fully saturated rings. The van der Waals surface area contributed by atoms with Crippen molar-refractivity contribution in [2.75, 3.05) is 0 Å². The van der Waals surface area contributed by atoms with E-state index in [0.29, 0.717) is 6.42 Å². The molecule has 0 amide bonds. The third kappa shape index (κ3) is 22.9. The molecule has 1 radical (unpaired) electrons. The van der Waals surface area contributed by atoms with Crippen LogP contribution in [0.25, 0.3) is 0 Å². The van der Waals surface area contributed by atoms with Crippen molar-refractivity contribution in [1.29, 1.82) is 0 Å². The topological polar surface area (TPSA) is 54.4 Å². The van der Waals surface area contributed by atoms with Crippen molar-refractivity contribution >= 4 is 22.2 Å². The molecule has 0 bridgehead atoms. The standard InChI is InChI=1S/C16H32O2.Al.O/c1-2-3-4-5-6-7-8-9-10-11-12-13-14-15-16(17)18;;/h2-15H2,1H3,(H,17,18);;. The van der Waals surface area contributed by atoms with Crippen LogP contribution in [0.5, 0.6) is 0 Å². The maximum absolute atomic E-state index is 10.3. The molecule has 20 heavy (non-hydrogen) atoms. The van der Waals surface area contributed by atoms with Crippen molar-refractivity contribution in [3.63, 3.8) is 0 Å². The SMILES string of the molecule is CCCCCCCCCCCCCCCC(=O)O.[O]=[Al]. The monoisotopic (exact) mass is 299 g/mol. The van der Waals surface area contributed by atoms with E-state index in [1.807, 2.05) is 0 Å². The summed E-state index contributed by atoms with van der Waals surface area (Å²) in [5, 5.41) is 8.49. The van der Waals surface area contributed by atoms with Crippen molar-refractivity contribution in [1.82, 2.24) is 0 Å². The number of hydrogen-bond acceptors (Lipinski definition) is 2. The van der Waals surface area contributed by atoms with E-state index in [1.165, 1.54) is 86.9 Å². The summed E-state index contributed by atoms with van der Waals surface area (Å²) in [7, 11) is 0. The Morgan fingerprint density at radius 2 is 1.00 bits per heavy atom. The van der Waals surface area contributed by atoms with Gasteiger partial charge in [0.2, 0.25) is 0 Å². The number of hydrogen-bond donors (Lipinski definition) is 1. The third-order valence-corrected chi connectivity index (χ3v) is 3.49. The molecule has 0 heterocycles. The van der Waals surface area contributed by atoms with Crippen LogP contribution in [-0.4, -0.2) is 27.3 Å². The summed E-state index contributed by atoms with van der Waals surface area (Å²) in [5.41, 5.74) is 0. The van der Waals surface area contributed by atoms with Crippen LogP contribution in [0.2, 0.25) is 0 Å². The van der Waals surface area contributed by atoms with Gasteiger partial charge in [0.15, 0.2) is 0 Å². The second-order valence-electron chi connectivity index (χ2n) is 5.39. The minimum atomic E-state index is -0.655. The molecule has 0 rings (SSSR count). The zero-order valence-electron chi connectivity index (χ0n) is 13.2. The van der Waals surface area contributed by atoms with Crippen LogP contribution >= 0.6 is 0 Å². The molecular formula is C16H32AlO3. The zero-order chi connectivity index (χ0) is 15.5. The number of rotatable bonds is 14. The molecule has 0 aliphatic rings. The summed E-state index contributed by atoms with van der Waals surface area (Å²) in [4.78, 5) is 10.3. The van der Waals surface area contributed by atoms with Gasteiger partial charge in [0.05, 0.1) is 0 Å². The molecule has 0 aromatic heterocycles. The number of carbonyl (C=O) groups is 1. The van der Waals surface area contributed by atoms with Gasteiger partial charge in [-0.1, -0.05) is 84.0 Å². The van der Waals surface area contributed by atoms with Gasteiger partial charge in [-0.05, 0) is 6.42 Å². The third-order valence-electron chi connectivity index (χ3n) is 3.49. The van der Waals surface area contributed by atoms with Crippen LogP contribution in [0.3, 0.4) is 0 Å². The Morgan fingerprint density at radius 3 is 1.30 bits per heavy atom. The molecule has 0 aromatic carbocycles. The molecule has 1 N–H and O–H groups in total. The Balaban J connectivity index is 0. The van der Waals surface area contributed by atoms with E-state index in [0.717, 1.165) is 12.8 Å². The van der Waals surface area contributed by atoms with Gasteiger partial charge in [-0.15, -0.1) is 0 Å². The molecule has 0 saturated heterocycles. The second-order valence-corrected chi connectivity index (χ2v) is 5.39. The van der Waals surface area contributed by atoms with E-state index < -0.39 is 5.97 Å². The van der Waals surface area contributed by atoms with Crippen LogP contribution < -0.4 is 0 Å². The molecule has 0 aliphatic heterocycles. The molecule has 4 heteroatoms. The second kappa shape index (κ2) is 21.1. The Kier molecular flexibility index (Phi) is 23.3. The molecule has 0 spiro atoms. The van der Waals surface area contributed by atoms with Crippen LogP contribution in [0.1, 0.15) is 96.8 Å². The van der Waals surface area contributed by atoms with Gasteiger partial charge in [0, 0.05) is 6.42 Å². The van der Waals surface area contributed by atoms with Crippen LogP contribution in [0, 0.1) is 0 Å². The maximum atomic E-state index is 10.3. The van der Waals surface area contributed by atoms with Crippen molar-refractivity contribution in [3.05, 3.63) is 0 Å². The summed E-state index contributed by atoms with van der Waals surface area (Å²) >= 11 is 1.17. The number of unbranched alkanes of at least 4 members (excludes halogenated alkanes) is 12.